The molecule has 0 saturated heterocycles. The molecule has 1 rings (SSSR count). The van der Waals surface area contributed by atoms with Gasteiger partial charge in [-0.05, 0) is 40.2 Å². The number of aryl methyl sites for hydroxylation is 1. The molecule has 20 heavy (non-hydrogen) atoms. The number of hydrogen-bond acceptors (Lipinski definition) is 4. The molecular weight excluding hydrogens is 254 g/mol. The Kier molecular flexibility index (Phi) is 7.27. The Morgan fingerprint density at radius 2 is 1.85 bits per heavy atom. The van der Waals surface area contributed by atoms with Crippen LogP contribution in [0.4, 0.5) is 0 Å². The molecule has 0 atom stereocenters. The van der Waals surface area contributed by atoms with Gasteiger partial charge in [0.1, 0.15) is 11.5 Å². The van der Waals surface area contributed by atoms with Crippen LogP contribution < -0.4 is 5.32 Å². The minimum atomic E-state index is 0.0912. The largest absolute Gasteiger partial charge is 0.465 e. The molecule has 0 spiro atoms. The van der Waals surface area contributed by atoms with Crippen LogP contribution in [0.5, 0.6) is 0 Å². The average molecular weight is 283 g/mol. The summed E-state index contributed by atoms with van der Waals surface area (Å²) in [4.78, 5) is 0. The Morgan fingerprint density at radius 1 is 1.15 bits per heavy atom. The van der Waals surface area contributed by atoms with Crippen molar-refractivity contribution in [1.82, 2.24) is 5.32 Å². The van der Waals surface area contributed by atoms with E-state index in [1.54, 1.807) is 0 Å². The van der Waals surface area contributed by atoms with Crippen molar-refractivity contribution in [3.05, 3.63) is 23.2 Å². The molecule has 0 radical (unpaired) electrons. The van der Waals surface area contributed by atoms with E-state index in [2.05, 4.69) is 39.1 Å². The Labute approximate surface area is 122 Å². The summed E-state index contributed by atoms with van der Waals surface area (Å²) < 4.78 is 16.7. The Morgan fingerprint density at radius 3 is 2.50 bits per heavy atom. The molecule has 0 aliphatic rings. The first-order valence-electron chi connectivity index (χ1n) is 7.41. The van der Waals surface area contributed by atoms with E-state index in [1.165, 1.54) is 0 Å². The standard InChI is InChI=1S/C16H29NO3/c1-6-7-18-8-9-19-12-14-10-15(20-13(14)2)11-17-16(3,4)5/h10,17H,6-9,11-12H2,1-5H3. The minimum absolute atomic E-state index is 0.0912. The fraction of sp³-hybridized carbons (Fsp3) is 0.750. The van der Waals surface area contributed by atoms with Gasteiger partial charge in [0.25, 0.3) is 0 Å². The summed E-state index contributed by atoms with van der Waals surface area (Å²) in [6.45, 7) is 13.9. The van der Waals surface area contributed by atoms with Crippen molar-refractivity contribution in [3.63, 3.8) is 0 Å². The predicted molar refractivity (Wildman–Crippen MR) is 80.8 cm³/mol. The van der Waals surface area contributed by atoms with Gasteiger partial charge in [-0.3, -0.25) is 0 Å². The van der Waals surface area contributed by atoms with Gasteiger partial charge in [-0.25, -0.2) is 0 Å². The molecule has 0 bridgehead atoms. The lowest BCUT2D eigenvalue weighted by atomic mass is 10.1. The highest BCUT2D eigenvalue weighted by Gasteiger charge is 2.12. The normalized spacial score (nSPS) is 12.1. The molecule has 0 aliphatic heterocycles. The second-order valence-electron chi connectivity index (χ2n) is 6.06. The second kappa shape index (κ2) is 8.45. The van der Waals surface area contributed by atoms with Crippen molar-refractivity contribution in [3.8, 4) is 0 Å². The van der Waals surface area contributed by atoms with E-state index in [9.17, 15) is 0 Å². The van der Waals surface area contributed by atoms with E-state index in [1.807, 2.05) is 6.92 Å². The second-order valence-corrected chi connectivity index (χ2v) is 6.06. The van der Waals surface area contributed by atoms with Crippen molar-refractivity contribution >= 4 is 0 Å². The Hall–Kier alpha value is -0.840. The average Bonchev–Trinajstić information content (AvgIpc) is 2.71. The maximum atomic E-state index is 5.73. The third-order valence-corrected chi connectivity index (χ3v) is 2.84. The van der Waals surface area contributed by atoms with Crippen LogP contribution in [0, 0.1) is 6.92 Å². The van der Waals surface area contributed by atoms with Crippen LogP contribution in [-0.4, -0.2) is 25.4 Å². The first-order valence-corrected chi connectivity index (χ1v) is 7.41. The molecule has 0 unspecified atom stereocenters. The number of hydrogen-bond donors (Lipinski definition) is 1. The molecule has 0 fully saturated rings. The lowest BCUT2D eigenvalue weighted by Crippen LogP contribution is -2.34. The van der Waals surface area contributed by atoms with Gasteiger partial charge in [-0.2, -0.15) is 0 Å². The van der Waals surface area contributed by atoms with Crippen molar-refractivity contribution in [2.45, 2.75) is 59.7 Å². The van der Waals surface area contributed by atoms with E-state index in [-0.39, 0.29) is 5.54 Å². The molecular formula is C16H29NO3. The van der Waals surface area contributed by atoms with E-state index in [4.69, 9.17) is 13.9 Å². The molecule has 1 N–H and O–H groups in total. The van der Waals surface area contributed by atoms with Crippen molar-refractivity contribution in [2.24, 2.45) is 0 Å². The highest BCUT2D eigenvalue weighted by molar-refractivity contribution is 5.20. The predicted octanol–water partition coefficient (Wildman–Crippen LogP) is 3.42. The van der Waals surface area contributed by atoms with Crippen LogP contribution in [0.25, 0.3) is 0 Å². The summed E-state index contributed by atoms with van der Waals surface area (Å²) in [6.07, 6.45) is 1.05. The van der Waals surface area contributed by atoms with E-state index >= 15 is 0 Å². The summed E-state index contributed by atoms with van der Waals surface area (Å²) in [7, 11) is 0. The van der Waals surface area contributed by atoms with Crippen LogP contribution in [0.3, 0.4) is 0 Å². The van der Waals surface area contributed by atoms with Crippen molar-refractivity contribution < 1.29 is 13.9 Å². The topological polar surface area (TPSA) is 43.6 Å². The maximum Gasteiger partial charge on any atom is 0.118 e. The van der Waals surface area contributed by atoms with Gasteiger partial charge in [0.2, 0.25) is 0 Å². The zero-order chi connectivity index (χ0) is 15.0. The fourth-order valence-electron chi connectivity index (χ4n) is 1.72. The molecule has 1 aromatic rings. The van der Waals surface area contributed by atoms with E-state index in [0.29, 0.717) is 19.8 Å². The molecule has 4 nitrogen and oxygen atoms in total. The van der Waals surface area contributed by atoms with Crippen molar-refractivity contribution in [2.75, 3.05) is 19.8 Å². The quantitative estimate of drug-likeness (QED) is 0.705. The van der Waals surface area contributed by atoms with Gasteiger partial charge in [0.15, 0.2) is 0 Å². The molecule has 1 aromatic heterocycles. The summed E-state index contributed by atoms with van der Waals surface area (Å²) >= 11 is 0. The molecule has 0 aromatic carbocycles. The molecule has 1 heterocycles. The number of rotatable bonds is 9. The highest BCUT2D eigenvalue weighted by Crippen LogP contribution is 2.16. The van der Waals surface area contributed by atoms with Crippen LogP contribution in [-0.2, 0) is 22.6 Å². The van der Waals surface area contributed by atoms with Crippen LogP contribution in [0.2, 0.25) is 0 Å². The SMILES string of the molecule is CCCOCCOCc1cc(CNC(C)(C)C)oc1C. The van der Waals surface area contributed by atoms with Gasteiger partial charge < -0.3 is 19.2 Å². The van der Waals surface area contributed by atoms with Crippen LogP contribution in [0.1, 0.15) is 51.2 Å². The van der Waals surface area contributed by atoms with Gasteiger partial charge in [0, 0.05) is 17.7 Å². The Bertz CT molecular complexity index is 380. The van der Waals surface area contributed by atoms with Crippen LogP contribution in [0.15, 0.2) is 10.5 Å². The maximum absolute atomic E-state index is 5.73. The summed E-state index contributed by atoms with van der Waals surface area (Å²) in [5, 5.41) is 3.41. The van der Waals surface area contributed by atoms with Gasteiger partial charge >= 0.3 is 0 Å². The Balaban J connectivity index is 2.30. The molecule has 116 valence electrons. The lowest BCUT2D eigenvalue weighted by Gasteiger charge is -2.19. The lowest BCUT2D eigenvalue weighted by molar-refractivity contribution is 0.0405. The highest BCUT2D eigenvalue weighted by atomic mass is 16.5. The molecule has 0 saturated carbocycles. The van der Waals surface area contributed by atoms with E-state index in [0.717, 1.165) is 36.7 Å². The first kappa shape index (κ1) is 17.2. The zero-order valence-electron chi connectivity index (χ0n) is 13.5. The summed E-state index contributed by atoms with van der Waals surface area (Å²) in [5.74, 6) is 1.89. The summed E-state index contributed by atoms with van der Waals surface area (Å²) in [5.41, 5.74) is 1.21. The number of nitrogens with one attached hydrogen (secondary N) is 1. The van der Waals surface area contributed by atoms with E-state index < -0.39 is 0 Å². The molecule has 0 amide bonds. The molecule has 4 heteroatoms. The smallest absolute Gasteiger partial charge is 0.118 e. The fourth-order valence-corrected chi connectivity index (χ4v) is 1.72. The molecule has 0 aliphatic carbocycles. The van der Waals surface area contributed by atoms with Gasteiger partial charge in [-0.1, -0.05) is 6.92 Å². The third-order valence-electron chi connectivity index (χ3n) is 2.84. The van der Waals surface area contributed by atoms with Crippen molar-refractivity contribution in [1.29, 1.82) is 0 Å². The first-order chi connectivity index (χ1) is 9.42. The number of furan rings is 1. The zero-order valence-corrected chi connectivity index (χ0v) is 13.5. The number of ether oxygens (including phenoxy) is 2. The summed E-state index contributed by atoms with van der Waals surface area (Å²) in [6, 6.07) is 2.07. The third kappa shape index (κ3) is 7.08. The minimum Gasteiger partial charge on any atom is -0.465 e. The van der Waals surface area contributed by atoms with Gasteiger partial charge in [0.05, 0.1) is 26.4 Å². The monoisotopic (exact) mass is 283 g/mol. The van der Waals surface area contributed by atoms with Crippen LogP contribution >= 0.6 is 0 Å². The van der Waals surface area contributed by atoms with Gasteiger partial charge in [-0.15, -0.1) is 0 Å².